The Balaban J connectivity index is 1.20. The second-order valence-electron chi connectivity index (χ2n) is 9.74. The molecule has 6 rings (SSSR count). The third kappa shape index (κ3) is 5.49. The van der Waals surface area contributed by atoms with Gasteiger partial charge in [-0.2, -0.15) is 0 Å². The summed E-state index contributed by atoms with van der Waals surface area (Å²) in [6.45, 7) is 1.05. The van der Waals surface area contributed by atoms with Crippen molar-refractivity contribution in [1.29, 1.82) is 0 Å². The van der Waals surface area contributed by atoms with Crippen LogP contribution in [-0.2, 0) is 13.2 Å². The SMILES string of the molecule is NC(Cn1ccc(-c2ccc3ncnc(Nc4ccc(OCc5cccc(F)c5)c(Cl)c4)c3c2)c1)C1CC1. The van der Waals surface area contributed by atoms with Gasteiger partial charge in [0, 0.05) is 36.1 Å². The molecule has 0 aliphatic heterocycles. The van der Waals surface area contributed by atoms with Crippen LogP contribution in [0.25, 0.3) is 22.0 Å². The molecule has 1 aliphatic carbocycles. The molecule has 6 nitrogen and oxygen atoms in total. The van der Waals surface area contributed by atoms with Crippen LogP contribution in [0.15, 0.2) is 85.5 Å². The maximum absolute atomic E-state index is 13.4. The summed E-state index contributed by atoms with van der Waals surface area (Å²) in [6, 6.07) is 20.2. The summed E-state index contributed by atoms with van der Waals surface area (Å²) in [5.74, 6) is 1.56. The molecule has 2 heterocycles. The second kappa shape index (κ2) is 10.4. The number of ether oxygens (including phenoxy) is 1. The van der Waals surface area contributed by atoms with E-state index in [0.29, 0.717) is 22.5 Å². The van der Waals surface area contributed by atoms with Crippen LogP contribution in [0, 0.1) is 11.7 Å². The van der Waals surface area contributed by atoms with Gasteiger partial charge in [0.25, 0.3) is 0 Å². The summed E-state index contributed by atoms with van der Waals surface area (Å²) in [6.07, 6.45) is 8.25. The Morgan fingerprint density at radius 2 is 1.95 bits per heavy atom. The van der Waals surface area contributed by atoms with E-state index in [4.69, 9.17) is 22.1 Å². The molecular weight excluding hydrogens is 501 g/mol. The van der Waals surface area contributed by atoms with Crippen molar-refractivity contribution >= 4 is 34.0 Å². The average molecular weight is 528 g/mol. The van der Waals surface area contributed by atoms with Crippen molar-refractivity contribution in [3.05, 3.63) is 102 Å². The van der Waals surface area contributed by atoms with Crippen LogP contribution in [0.4, 0.5) is 15.9 Å². The lowest BCUT2D eigenvalue weighted by Crippen LogP contribution is -2.27. The molecule has 1 aliphatic rings. The summed E-state index contributed by atoms with van der Waals surface area (Å²) in [5, 5.41) is 4.70. The molecule has 1 atom stereocenters. The molecule has 8 heteroatoms. The average Bonchev–Trinajstić information content (AvgIpc) is 3.67. The highest BCUT2D eigenvalue weighted by atomic mass is 35.5. The summed E-state index contributed by atoms with van der Waals surface area (Å²) >= 11 is 6.50. The lowest BCUT2D eigenvalue weighted by atomic mass is 10.1. The number of halogens is 2. The maximum atomic E-state index is 13.4. The van der Waals surface area contributed by atoms with Crippen LogP contribution in [-0.4, -0.2) is 20.6 Å². The van der Waals surface area contributed by atoms with Crippen molar-refractivity contribution in [2.24, 2.45) is 11.7 Å². The van der Waals surface area contributed by atoms with Gasteiger partial charge >= 0.3 is 0 Å². The van der Waals surface area contributed by atoms with E-state index in [9.17, 15) is 4.39 Å². The highest BCUT2D eigenvalue weighted by Crippen LogP contribution is 2.34. The monoisotopic (exact) mass is 527 g/mol. The topological polar surface area (TPSA) is 78.0 Å². The molecule has 3 aromatic carbocycles. The molecule has 192 valence electrons. The summed E-state index contributed by atoms with van der Waals surface area (Å²) in [4.78, 5) is 8.92. The fourth-order valence-corrected chi connectivity index (χ4v) is 4.83. The molecule has 2 aromatic heterocycles. The minimum absolute atomic E-state index is 0.209. The van der Waals surface area contributed by atoms with Crippen molar-refractivity contribution < 1.29 is 9.13 Å². The van der Waals surface area contributed by atoms with Gasteiger partial charge in [-0.3, -0.25) is 0 Å². The van der Waals surface area contributed by atoms with Crippen LogP contribution in [0.1, 0.15) is 18.4 Å². The maximum Gasteiger partial charge on any atom is 0.141 e. The Morgan fingerprint density at radius 3 is 2.76 bits per heavy atom. The van der Waals surface area contributed by atoms with Gasteiger partial charge in [0.15, 0.2) is 0 Å². The van der Waals surface area contributed by atoms with E-state index in [-0.39, 0.29) is 18.5 Å². The highest BCUT2D eigenvalue weighted by Gasteiger charge is 2.28. The number of nitrogens with one attached hydrogen (secondary N) is 1. The predicted molar refractivity (Wildman–Crippen MR) is 149 cm³/mol. The normalized spacial score (nSPS) is 14.0. The Kier molecular flexibility index (Phi) is 6.70. The number of hydrogen-bond donors (Lipinski definition) is 2. The largest absolute Gasteiger partial charge is 0.487 e. The van der Waals surface area contributed by atoms with Gasteiger partial charge in [-0.05, 0) is 84.0 Å². The molecule has 1 saturated carbocycles. The quantitative estimate of drug-likeness (QED) is 0.217. The highest BCUT2D eigenvalue weighted by molar-refractivity contribution is 6.32. The Bertz CT molecular complexity index is 1600. The van der Waals surface area contributed by atoms with Crippen LogP contribution < -0.4 is 15.8 Å². The van der Waals surface area contributed by atoms with Crippen LogP contribution >= 0.6 is 11.6 Å². The van der Waals surface area contributed by atoms with Gasteiger partial charge in [0.1, 0.15) is 30.3 Å². The molecular formula is C30H27ClFN5O. The zero-order valence-corrected chi connectivity index (χ0v) is 21.4. The number of fused-ring (bicyclic) bond motifs is 1. The second-order valence-corrected chi connectivity index (χ2v) is 10.1. The molecule has 3 N–H and O–H groups in total. The van der Waals surface area contributed by atoms with Crippen LogP contribution in [0.5, 0.6) is 5.75 Å². The van der Waals surface area contributed by atoms with Gasteiger partial charge in [-0.15, -0.1) is 0 Å². The molecule has 1 fully saturated rings. The van der Waals surface area contributed by atoms with Gasteiger partial charge in [-0.1, -0.05) is 29.8 Å². The van der Waals surface area contributed by atoms with E-state index in [1.165, 1.54) is 31.3 Å². The van der Waals surface area contributed by atoms with E-state index < -0.39 is 0 Å². The van der Waals surface area contributed by atoms with E-state index >= 15 is 0 Å². The predicted octanol–water partition coefficient (Wildman–Crippen LogP) is 6.95. The zero-order chi connectivity index (χ0) is 26.1. The van der Waals surface area contributed by atoms with Gasteiger partial charge in [-0.25, -0.2) is 14.4 Å². The first kappa shape index (κ1) is 24.4. The van der Waals surface area contributed by atoms with E-state index in [1.54, 1.807) is 24.3 Å². The van der Waals surface area contributed by atoms with Gasteiger partial charge in [0.2, 0.25) is 0 Å². The van der Waals surface area contributed by atoms with Crippen LogP contribution in [0.3, 0.4) is 0 Å². The molecule has 0 radical (unpaired) electrons. The Morgan fingerprint density at radius 1 is 1.05 bits per heavy atom. The fraction of sp³-hybridized carbons (Fsp3) is 0.200. The molecule has 0 bridgehead atoms. The van der Waals surface area contributed by atoms with Crippen molar-refractivity contribution in [3.63, 3.8) is 0 Å². The molecule has 1 unspecified atom stereocenters. The fourth-order valence-electron chi connectivity index (χ4n) is 4.60. The molecule has 5 aromatic rings. The molecule has 0 amide bonds. The number of hydrogen-bond acceptors (Lipinski definition) is 5. The first-order chi connectivity index (χ1) is 18.5. The van der Waals surface area contributed by atoms with Crippen molar-refractivity contribution in [2.75, 3.05) is 5.32 Å². The number of nitrogens with zero attached hydrogens (tertiary/aromatic N) is 3. The van der Waals surface area contributed by atoms with Crippen molar-refractivity contribution in [3.8, 4) is 16.9 Å². The molecule has 0 spiro atoms. The summed E-state index contributed by atoms with van der Waals surface area (Å²) < 4.78 is 21.4. The number of anilines is 2. The summed E-state index contributed by atoms with van der Waals surface area (Å²) in [7, 11) is 0. The lowest BCUT2D eigenvalue weighted by Gasteiger charge is -2.12. The van der Waals surface area contributed by atoms with Gasteiger partial charge < -0.3 is 20.4 Å². The Hall–Kier alpha value is -3.94. The smallest absolute Gasteiger partial charge is 0.141 e. The van der Waals surface area contributed by atoms with E-state index in [0.717, 1.165) is 39.8 Å². The first-order valence-electron chi connectivity index (χ1n) is 12.6. The van der Waals surface area contributed by atoms with Crippen LogP contribution in [0.2, 0.25) is 5.02 Å². The van der Waals surface area contributed by atoms with Crippen molar-refractivity contribution in [2.45, 2.75) is 32.0 Å². The van der Waals surface area contributed by atoms with Gasteiger partial charge in [0.05, 0.1) is 10.5 Å². The zero-order valence-electron chi connectivity index (χ0n) is 20.6. The summed E-state index contributed by atoms with van der Waals surface area (Å²) in [5.41, 5.74) is 10.8. The first-order valence-corrected chi connectivity index (χ1v) is 13.0. The number of rotatable bonds is 9. The van der Waals surface area contributed by atoms with Crippen molar-refractivity contribution in [1.82, 2.24) is 14.5 Å². The van der Waals surface area contributed by atoms with E-state index in [1.807, 2.05) is 12.1 Å². The lowest BCUT2D eigenvalue weighted by molar-refractivity contribution is 0.306. The Labute approximate surface area is 225 Å². The number of aromatic nitrogens is 3. The number of benzene rings is 3. The third-order valence-electron chi connectivity index (χ3n) is 6.85. The third-order valence-corrected chi connectivity index (χ3v) is 7.14. The molecule has 0 saturated heterocycles. The molecule has 38 heavy (non-hydrogen) atoms. The minimum atomic E-state index is -0.299. The van der Waals surface area contributed by atoms with E-state index in [2.05, 4.69) is 50.4 Å². The number of nitrogens with two attached hydrogens (primary N) is 1. The standard InChI is InChI=1S/C30H27ClFN5O/c31-26-14-24(7-9-29(26)38-17-19-2-1-3-23(32)12-19)36-30-25-13-21(6-8-28(25)34-18-35-30)22-10-11-37(15-22)16-27(33)20-4-5-20/h1-3,6-15,18,20,27H,4-5,16-17,33H2,(H,34,35,36). The minimum Gasteiger partial charge on any atom is -0.487 e.